The molecular weight excluding hydrogens is 866 g/mol. The quantitative estimate of drug-likeness (QED) is 0.0391. The molecule has 5 amide bonds. The van der Waals surface area contributed by atoms with Crippen molar-refractivity contribution in [1.82, 2.24) is 25.4 Å². The lowest BCUT2D eigenvalue weighted by molar-refractivity contribution is -0.123. The number of unbranched alkanes of at least 4 members (excludes halogenated alkanes) is 3. The van der Waals surface area contributed by atoms with Crippen molar-refractivity contribution in [2.24, 2.45) is 5.73 Å². The summed E-state index contributed by atoms with van der Waals surface area (Å²) in [5.74, 6) is -2.30. The third-order valence-corrected chi connectivity index (χ3v) is 10.5. The summed E-state index contributed by atoms with van der Waals surface area (Å²) in [6, 6.07) is 22.5. The molecule has 0 aliphatic rings. The lowest BCUT2D eigenvalue weighted by Gasteiger charge is -2.33. The standard InChI is InChI=1S/C48H58BrN7O7/c1-8-9-10-15-25-55(45(60)62-47(2,3)4)44(51)56(46(61)63-48(5,6)7)26-24-52-43(59)39(27-31-29-53-38-19-14-13-17-33(31)38)54-42(58)37-28-32(49)21-23-35(37)40-34-18-12-11-16-30(34)20-22-36(40)41(50)57/h11-14,16-23,28-29,39,51,53H,8-10,15,24-27H2,1-7H3,(H2,50,57)(H,52,59)(H,54,58). The number of H-pyrrole nitrogens is 1. The Balaban J connectivity index is 1.47. The van der Waals surface area contributed by atoms with E-state index in [1.807, 2.05) is 48.5 Å². The van der Waals surface area contributed by atoms with Crippen molar-refractivity contribution in [3.8, 4) is 11.1 Å². The molecule has 0 aliphatic carbocycles. The van der Waals surface area contributed by atoms with Gasteiger partial charge in [0.25, 0.3) is 5.91 Å². The number of halogens is 1. The van der Waals surface area contributed by atoms with Crippen LogP contribution in [0.5, 0.6) is 0 Å². The van der Waals surface area contributed by atoms with Gasteiger partial charge >= 0.3 is 12.2 Å². The highest BCUT2D eigenvalue weighted by atomic mass is 79.9. The Kier molecular flexibility index (Phi) is 15.8. The number of hydrogen-bond acceptors (Lipinski definition) is 8. The molecule has 15 heteroatoms. The zero-order valence-corrected chi connectivity index (χ0v) is 38.6. The molecule has 14 nitrogen and oxygen atoms in total. The van der Waals surface area contributed by atoms with Crippen molar-refractivity contribution >= 4 is 73.5 Å². The number of aromatic nitrogens is 1. The number of nitrogens with two attached hydrogens (primary N) is 1. The molecule has 0 radical (unpaired) electrons. The summed E-state index contributed by atoms with van der Waals surface area (Å²) in [4.78, 5) is 74.4. The van der Waals surface area contributed by atoms with Crippen LogP contribution in [-0.2, 0) is 20.7 Å². The molecule has 1 aromatic heterocycles. The number of carbonyl (C=O) groups excluding carboxylic acids is 5. The molecule has 6 N–H and O–H groups in total. The monoisotopic (exact) mass is 923 g/mol. The molecule has 334 valence electrons. The van der Waals surface area contributed by atoms with Gasteiger partial charge in [-0.2, -0.15) is 0 Å². The lowest BCUT2D eigenvalue weighted by atomic mass is 9.89. The van der Waals surface area contributed by atoms with Gasteiger partial charge in [0.05, 0.1) is 0 Å². The fourth-order valence-electron chi connectivity index (χ4n) is 7.11. The number of para-hydroxylation sites is 1. The maximum absolute atomic E-state index is 14.6. The first-order chi connectivity index (χ1) is 29.8. The van der Waals surface area contributed by atoms with E-state index >= 15 is 0 Å². The van der Waals surface area contributed by atoms with Crippen molar-refractivity contribution in [3.63, 3.8) is 0 Å². The molecule has 1 atom stereocenters. The molecule has 0 saturated heterocycles. The van der Waals surface area contributed by atoms with Gasteiger partial charge in [-0.05, 0) is 94.1 Å². The molecule has 0 saturated carbocycles. The molecule has 5 aromatic rings. The minimum absolute atomic E-state index is 0.0709. The average Bonchev–Trinajstić information content (AvgIpc) is 3.62. The van der Waals surface area contributed by atoms with Crippen LogP contribution in [0, 0.1) is 5.41 Å². The van der Waals surface area contributed by atoms with Crippen LogP contribution in [0.1, 0.15) is 100 Å². The van der Waals surface area contributed by atoms with Crippen molar-refractivity contribution < 1.29 is 33.4 Å². The lowest BCUT2D eigenvalue weighted by Crippen LogP contribution is -2.54. The molecule has 1 unspecified atom stereocenters. The maximum Gasteiger partial charge on any atom is 0.417 e. The predicted molar refractivity (Wildman–Crippen MR) is 250 cm³/mol. The largest absolute Gasteiger partial charge is 0.443 e. The van der Waals surface area contributed by atoms with E-state index in [0.29, 0.717) is 27.4 Å². The first-order valence-electron chi connectivity index (χ1n) is 21.1. The summed E-state index contributed by atoms with van der Waals surface area (Å²) in [6.45, 7) is 12.0. The summed E-state index contributed by atoms with van der Waals surface area (Å²) >= 11 is 3.50. The van der Waals surface area contributed by atoms with Crippen LogP contribution in [0.25, 0.3) is 32.8 Å². The van der Waals surface area contributed by atoms with Crippen LogP contribution in [-0.4, -0.2) is 87.5 Å². The number of benzene rings is 4. The van der Waals surface area contributed by atoms with Crippen molar-refractivity contribution in [3.05, 3.63) is 106 Å². The van der Waals surface area contributed by atoms with Gasteiger partial charge in [-0.15, -0.1) is 0 Å². The van der Waals surface area contributed by atoms with Gasteiger partial charge < -0.3 is 30.8 Å². The smallest absolute Gasteiger partial charge is 0.417 e. The zero-order valence-electron chi connectivity index (χ0n) is 37.0. The number of fused-ring (bicyclic) bond motifs is 2. The van der Waals surface area contributed by atoms with Gasteiger partial charge in [-0.25, -0.2) is 19.4 Å². The summed E-state index contributed by atoms with van der Waals surface area (Å²) in [5, 5.41) is 17.4. The number of ether oxygens (including phenoxy) is 2. The highest BCUT2D eigenvalue weighted by molar-refractivity contribution is 9.10. The van der Waals surface area contributed by atoms with E-state index in [4.69, 9.17) is 20.6 Å². The molecule has 63 heavy (non-hydrogen) atoms. The van der Waals surface area contributed by atoms with Gasteiger partial charge in [0.1, 0.15) is 17.2 Å². The highest BCUT2D eigenvalue weighted by Crippen LogP contribution is 2.36. The number of nitrogens with zero attached hydrogens (tertiary/aromatic N) is 2. The summed E-state index contributed by atoms with van der Waals surface area (Å²) < 4.78 is 11.9. The minimum atomic E-state index is -1.15. The Hall–Kier alpha value is -6.22. The van der Waals surface area contributed by atoms with Gasteiger partial charge in [0.15, 0.2) is 0 Å². The third-order valence-electron chi connectivity index (χ3n) is 10.0. The number of aromatic amines is 1. The van der Waals surface area contributed by atoms with Crippen LogP contribution in [0.3, 0.4) is 0 Å². The summed E-state index contributed by atoms with van der Waals surface area (Å²) in [7, 11) is 0. The SMILES string of the molecule is CCCCCCN(C(=N)N(CCNC(=O)C(Cc1c[nH]c2ccccc12)NC(=O)c1cc(Br)ccc1-c1c(C(N)=O)ccc2ccccc12)C(=O)OC(C)(C)C)C(=O)OC(C)(C)C. The van der Waals surface area contributed by atoms with E-state index in [9.17, 15) is 24.0 Å². The van der Waals surface area contributed by atoms with E-state index in [1.54, 1.807) is 78.1 Å². The summed E-state index contributed by atoms with van der Waals surface area (Å²) in [5.41, 5.74) is 7.00. The van der Waals surface area contributed by atoms with Crippen LogP contribution in [0.2, 0.25) is 0 Å². The van der Waals surface area contributed by atoms with E-state index in [2.05, 4.69) is 38.5 Å². The number of rotatable bonds is 15. The van der Waals surface area contributed by atoms with E-state index in [-0.39, 0.29) is 37.2 Å². The second-order valence-electron chi connectivity index (χ2n) is 17.3. The maximum atomic E-state index is 14.6. The molecule has 0 fully saturated rings. The van der Waals surface area contributed by atoms with Crippen molar-refractivity contribution in [2.45, 2.75) is 97.8 Å². The Labute approximate surface area is 376 Å². The van der Waals surface area contributed by atoms with Gasteiger partial charge in [0.2, 0.25) is 17.8 Å². The predicted octanol–water partition coefficient (Wildman–Crippen LogP) is 9.30. The fraction of sp³-hybridized carbons (Fsp3) is 0.375. The van der Waals surface area contributed by atoms with E-state index in [0.717, 1.165) is 50.9 Å². The molecule has 5 rings (SSSR count). The molecule has 1 heterocycles. The topological polar surface area (TPSA) is 200 Å². The Bertz CT molecular complexity index is 2490. The Morgan fingerprint density at radius 3 is 2.08 bits per heavy atom. The normalized spacial score (nSPS) is 12.1. The second-order valence-corrected chi connectivity index (χ2v) is 18.2. The highest BCUT2D eigenvalue weighted by Gasteiger charge is 2.34. The minimum Gasteiger partial charge on any atom is -0.443 e. The van der Waals surface area contributed by atoms with Crippen molar-refractivity contribution in [1.29, 1.82) is 5.41 Å². The Morgan fingerprint density at radius 1 is 0.794 bits per heavy atom. The number of nitrogens with one attached hydrogen (secondary N) is 4. The number of primary amides is 1. The molecule has 4 aromatic carbocycles. The zero-order chi connectivity index (χ0) is 46.1. The number of amides is 5. The average molecular weight is 925 g/mol. The Morgan fingerprint density at radius 2 is 1.43 bits per heavy atom. The molecule has 0 spiro atoms. The molecule has 0 aliphatic heterocycles. The first kappa shape index (κ1) is 47.8. The van der Waals surface area contributed by atoms with Gasteiger partial charge in [0, 0.05) is 64.3 Å². The van der Waals surface area contributed by atoms with Gasteiger partial charge in [-0.1, -0.05) is 96.7 Å². The first-order valence-corrected chi connectivity index (χ1v) is 21.9. The number of guanidine groups is 1. The van der Waals surface area contributed by atoms with E-state index in [1.165, 1.54) is 0 Å². The number of hydrogen-bond donors (Lipinski definition) is 5. The summed E-state index contributed by atoms with van der Waals surface area (Å²) in [6.07, 6.45) is 3.42. The van der Waals surface area contributed by atoms with Gasteiger partial charge in [-0.3, -0.25) is 19.8 Å². The van der Waals surface area contributed by atoms with Crippen LogP contribution in [0.15, 0.2) is 89.5 Å². The fourth-order valence-corrected chi connectivity index (χ4v) is 7.47. The molecule has 0 bridgehead atoms. The molecular formula is C48H58BrN7O7. The second kappa shape index (κ2) is 20.8. The van der Waals surface area contributed by atoms with Crippen LogP contribution >= 0.6 is 15.9 Å². The van der Waals surface area contributed by atoms with E-state index < -0.39 is 53.1 Å². The van der Waals surface area contributed by atoms with Crippen molar-refractivity contribution in [2.75, 3.05) is 19.6 Å². The third kappa shape index (κ3) is 12.7. The number of carbonyl (C=O) groups is 5. The van der Waals surface area contributed by atoms with Crippen LogP contribution < -0.4 is 16.4 Å². The van der Waals surface area contributed by atoms with Crippen LogP contribution in [0.4, 0.5) is 9.59 Å².